The van der Waals surface area contributed by atoms with Crippen molar-refractivity contribution in [1.82, 2.24) is 5.32 Å². The summed E-state index contributed by atoms with van der Waals surface area (Å²) in [5, 5.41) is 3.32. The Balaban J connectivity index is 2.17. The molecule has 1 aromatic rings. The predicted octanol–water partition coefficient (Wildman–Crippen LogP) is 3.01. The van der Waals surface area contributed by atoms with E-state index in [2.05, 4.69) is 19.2 Å². The van der Waals surface area contributed by atoms with Crippen LogP contribution in [-0.4, -0.2) is 20.2 Å². The van der Waals surface area contributed by atoms with Gasteiger partial charge in [-0.25, -0.2) is 4.39 Å². The minimum atomic E-state index is -0.199. The van der Waals surface area contributed by atoms with Crippen LogP contribution in [0.3, 0.4) is 0 Å². The molecule has 0 aliphatic carbocycles. The van der Waals surface area contributed by atoms with Gasteiger partial charge in [0.25, 0.3) is 0 Å². The normalized spacial score (nSPS) is 17.6. The van der Waals surface area contributed by atoms with Gasteiger partial charge in [0.15, 0.2) is 11.6 Å². The minimum absolute atomic E-state index is 0.199. The van der Waals surface area contributed by atoms with Crippen LogP contribution in [0.4, 0.5) is 4.39 Å². The number of nitrogens with one attached hydrogen (secondary N) is 1. The summed E-state index contributed by atoms with van der Waals surface area (Å²) in [4.78, 5) is 0. The fourth-order valence-corrected chi connectivity index (χ4v) is 2.94. The number of ether oxygens (including phenoxy) is 1. The molecule has 100 valence electrons. The Bertz CT molecular complexity index is 413. The van der Waals surface area contributed by atoms with Crippen molar-refractivity contribution >= 4 is 0 Å². The van der Waals surface area contributed by atoms with E-state index in [0.717, 1.165) is 31.5 Å². The second-order valence-electron chi connectivity index (χ2n) is 5.81. The van der Waals surface area contributed by atoms with E-state index in [1.54, 1.807) is 6.07 Å². The summed E-state index contributed by atoms with van der Waals surface area (Å²) in [6.07, 6.45) is 1.93. The zero-order valence-electron chi connectivity index (χ0n) is 11.4. The fraction of sp³-hybridized carbons (Fsp3) is 0.600. The van der Waals surface area contributed by atoms with Crippen molar-refractivity contribution in [3.05, 3.63) is 29.6 Å². The molecular formula is C15H22FNO. The molecule has 0 aromatic heterocycles. The first kappa shape index (κ1) is 13.3. The second kappa shape index (κ2) is 5.27. The van der Waals surface area contributed by atoms with Gasteiger partial charge >= 0.3 is 0 Å². The van der Waals surface area contributed by atoms with E-state index >= 15 is 0 Å². The van der Waals surface area contributed by atoms with Crippen LogP contribution in [0.15, 0.2) is 18.2 Å². The molecule has 3 heteroatoms. The van der Waals surface area contributed by atoms with Gasteiger partial charge in [-0.2, -0.15) is 0 Å². The zero-order chi connectivity index (χ0) is 13.2. The van der Waals surface area contributed by atoms with Crippen LogP contribution in [0.25, 0.3) is 0 Å². The summed E-state index contributed by atoms with van der Waals surface area (Å²) in [6.45, 7) is 6.42. The first-order chi connectivity index (χ1) is 8.56. The van der Waals surface area contributed by atoms with Crippen molar-refractivity contribution < 1.29 is 9.13 Å². The Morgan fingerprint density at radius 1 is 1.39 bits per heavy atom. The minimum Gasteiger partial charge on any atom is -0.494 e. The Morgan fingerprint density at radius 3 is 2.61 bits per heavy atom. The molecule has 0 radical (unpaired) electrons. The number of methoxy groups -OCH3 is 1. The SMILES string of the molecule is COc1cccc(CC2(CC(C)C)CNC2)c1F. The summed E-state index contributed by atoms with van der Waals surface area (Å²) < 4.78 is 19.2. The maximum atomic E-state index is 14.2. The standard InChI is InChI=1S/C15H22FNO/c1-11(2)7-15(9-17-10-15)8-12-5-4-6-13(18-3)14(12)16/h4-6,11,17H,7-10H2,1-3H3. The van der Waals surface area contributed by atoms with Crippen molar-refractivity contribution in [2.45, 2.75) is 26.7 Å². The van der Waals surface area contributed by atoms with Crippen LogP contribution in [0, 0.1) is 17.2 Å². The van der Waals surface area contributed by atoms with Crippen LogP contribution in [0.1, 0.15) is 25.8 Å². The zero-order valence-corrected chi connectivity index (χ0v) is 11.4. The van der Waals surface area contributed by atoms with Gasteiger partial charge in [0.2, 0.25) is 0 Å². The number of halogens is 1. The molecule has 0 spiro atoms. The summed E-state index contributed by atoms with van der Waals surface area (Å²) in [6, 6.07) is 5.41. The van der Waals surface area contributed by atoms with Crippen LogP contribution < -0.4 is 10.1 Å². The summed E-state index contributed by atoms with van der Waals surface area (Å²) >= 11 is 0. The van der Waals surface area contributed by atoms with Crippen LogP contribution in [-0.2, 0) is 6.42 Å². The van der Waals surface area contributed by atoms with E-state index in [9.17, 15) is 4.39 Å². The first-order valence-electron chi connectivity index (χ1n) is 6.58. The molecule has 2 nitrogen and oxygen atoms in total. The average Bonchev–Trinajstić information content (AvgIpc) is 2.28. The van der Waals surface area contributed by atoms with E-state index in [-0.39, 0.29) is 11.2 Å². The number of hydrogen-bond acceptors (Lipinski definition) is 2. The smallest absolute Gasteiger partial charge is 0.168 e. The third-order valence-corrected chi connectivity index (χ3v) is 3.67. The highest BCUT2D eigenvalue weighted by Gasteiger charge is 2.38. The monoisotopic (exact) mass is 251 g/mol. The van der Waals surface area contributed by atoms with Crippen LogP contribution >= 0.6 is 0 Å². The Labute approximate surface area is 109 Å². The molecule has 1 N–H and O–H groups in total. The van der Waals surface area contributed by atoms with E-state index in [1.165, 1.54) is 7.11 Å². The molecule has 0 bridgehead atoms. The molecule has 0 unspecified atom stereocenters. The Morgan fingerprint density at radius 2 is 2.11 bits per heavy atom. The lowest BCUT2D eigenvalue weighted by Crippen LogP contribution is -2.55. The van der Waals surface area contributed by atoms with Gasteiger partial charge in [-0.15, -0.1) is 0 Å². The molecule has 1 aliphatic heterocycles. The third kappa shape index (κ3) is 2.66. The number of benzene rings is 1. The highest BCUT2D eigenvalue weighted by atomic mass is 19.1. The lowest BCUT2D eigenvalue weighted by atomic mass is 9.71. The number of rotatable bonds is 5. The van der Waals surface area contributed by atoms with Gasteiger partial charge in [-0.05, 0) is 35.8 Å². The molecule has 1 aromatic carbocycles. The van der Waals surface area contributed by atoms with Crippen molar-refractivity contribution in [3.63, 3.8) is 0 Å². The second-order valence-corrected chi connectivity index (χ2v) is 5.81. The average molecular weight is 251 g/mol. The topological polar surface area (TPSA) is 21.3 Å². The summed E-state index contributed by atoms with van der Waals surface area (Å²) in [7, 11) is 1.51. The first-order valence-corrected chi connectivity index (χ1v) is 6.58. The Kier molecular flexibility index (Phi) is 3.91. The van der Waals surface area contributed by atoms with Gasteiger partial charge in [-0.1, -0.05) is 26.0 Å². The molecule has 1 saturated heterocycles. The van der Waals surface area contributed by atoms with E-state index in [0.29, 0.717) is 11.7 Å². The molecule has 1 heterocycles. The van der Waals surface area contributed by atoms with Crippen molar-refractivity contribution in [3.8, 4) is 5.75 Å². The maximum absolute atomic E-state index is 14.2. The van der Waals surface area contributed by atoms with E-state index < -0.39 is 0 Å². The summed E-state index contributed by atoms with van der Waals surface area (Å²) in [5.41, 5.74) is 0.998. The largest absolute Gasteiger partial charge is 0.494 e. The van der Waals surface area contributed by atoms with E-state index in [1.807, 2.05) is 12.1 Å². The van der Waals surface area contributed by atoms with Gasteiger partial charge < -0.3 is 10.1 Å². The number of hydrogen-bond donors (Lipinski definition) is 1. The lowest BCUT2D eigenvalue weighted by molar-refractivity contribution is 0.129. The summed E-state index contributed by atoms with van der Waals surface area (Å²) in [5.74, 6) is 0.787. The van der Waals surface area contributed by atoms with Gasteiger partial charge in [0, 0.05) is 13.1 Å². The third-order valence-electron chi connectivity index (χ3n) is 3.67. The molecule has 18 heavy (non-hydrogen) atoms. The van der Waals surface area contributed by atoms with Crippen LogP contribution in [0.5, 0.6) is 5.75 Å². The Hall–Kier alpha value is -1.09. The molecule has 1 aliphatic rings. The fourth-order valence-electron chi connectivity index (χ4n) is 2.94. The lowest BCUT2D eigenvalue weighted by Gasteiger charge is -2.44. The quantitative estimate of drug-likeness (QED) is 0.868. The van der Waals surface area contributed by atoms with Gasteiger partial charge in [0.05, 0.1) is 7.11 Å². The molecule has 1 fully saturated rings. The highest BCUT2D eigenvalue weighted by Crippen LogP contribution is 2.36. The van der Waals surface area contributed by atoms with Crippen molar-refractivity contribution in [2.75, 3.05) is 20.2 Å². The van der Waals surface area contributed by atoms with Gasteiger partial charge in [0.1, 0.15) is 0 Å². The van der Waals surface area contributed by atoms with Crippen LogP contribution in [0.2, 0.25) is 0 Å². The highest BCUT2D eigenvalue weighted by molar-refractivity contribution is 5.32. The predicted molar refractivity (Wildman–Crippen MR) is 71.4 cm³/mol. The molecule has 0 saturated carbocycles. The molecule has 2 rings (SSSR count). The molecule has 0 atom stereocenters. The molecular weight excluding hydrogens is 229 g/mol. The maximum Gasteiger partial charge on any atom is 0.168 e. The van der Waals surface area contributed by atoms with Gasteiger partial charge in [-0.3, -0.25) is 0 Å². The van der Waals surface area contributed by atoms with Crippen molar-refractivity contribution in [1.29, 1.82) is 0 Å². The molecule has 0 amide bonds. The van der Waals surface area contributed by atoms with Crippen molar-refractivity contribution in [2.24, 2.45) is 11.3 Å². The van der Waals surface area contributed by atoms with E-state index in [4.69, 9.17) is 4.74 Å².